The summed E-state index contributed by atoms with van der Waals surface area (Å²) in [6.45, 7) is 1.39. The molecule has 0 unspecified atom stereocenters. The van der Waals surface area contributed by atoms with E-state index in [1.165, 1.54) is 19.5 Å². The summed E-state index contributed by atoms with van der Waals surface area (Å²) in [5, 5.41) is 5.86. The predicted octanol–water partition coefficient (Wildman–Crippen LogP) is 2.19. The molecule has 0 bridgehead atoms. The Bertz CT molecular complexity index is 692. The molecule has 1 aromatic heterocycles. The van der Waals surface area contributed by atoms with Crippen LogP contribution in [0.15, 0.2) is 30.6 Å². The minimum absolute atomic E-state index is 0.220. The first-order valence-corrected chi connectivity index (χ1v) is 7.76. The highest BCUT2D eigenvalue weighted by Gasteiger charge is 2.11. The lowest BCUT2D eigenvalue weighted by Crippen LogP contribution is -2.15. The van der Waals surface area contributed by atoms with Gasteiger partial charge in [0, 0.05) is 32.0 Å². The Morgan fingerprint density at radius 1 is 1.08 bits per heavy atom. The SMILES string of the molecule is COCCCNc1cnc(C(=O)Nc2ccc(OC)c(OC)c2)cn1. The van der Waals surface area contributed by atoms with Gasteiger partial charge in [-0.15, -0.1) is 0 Å². The van der Waals surface area contributed by atoms with Gasteiger partial charge in [0.1, 0.15) is 11.5 Å². The van der Waals surface area contributed by atoms with Crippen LogP contribution in [0.5, 0.6) is 11.5 Å². The molecule has 2 aromatic rings. The fraction of sp³-hybridized carbons (Fsp3) is 0.353. The predicted molar refractivity (Wildman–Crippen MR) is 94.5 cm³/mol. The third kappa shape index (κ3) is 5.32. The largest absolute Gasteiger partial charge is 0.493 e. The monoisotopic (exact) mass is 346 g/mol. The van der Waals surface area contributed by atoms with E-state index in [1.807, 2.05) is 0 Å². The zero-order valence-corrected chi connectivity index (χ0v) is 14.5. The number of nitrogens with zero attached hydrogens (tertiary/aromatic N) is 2. The molecule has 25 heavy (non-hydrogen) atoms. The molecular weight excluding hydrogens is 324 g/mol. The lowest BCUT2D eigenvalue weighted by molar-refractivity contribution is 0.102. The van der Waals surface area contributed by atoms with E-state index in [2.05, 4.69) is 20.6 Å². The first-order valence-electron chi connectivity index (χ1n) is 7.76. The van der Waals surface area contributed by atoms with Crippen LogP contribution in [-0.4, -0.2) is 50.4 Å². The maximum absolute atomic E-state index is 12.3. The highest BCUT2D eigenvalue weighted by Crippen LogP contribution is 2.29. The van der Waals surface area contributed by atoms with Gasteiger partial charge < -0.3 is 24.8 Å². The summed E-state index contributed by atoms with van der Waals surface area (Å²) in [7, 11) is 4.75. The summed E-state index contributed by atoms with van der Waals surface area (Å²) < 4.78 is 15.4. The van der Waals surface area contributed by atoms with Crippen LogP contribution in [0.1, 0.15) is 16.9 Å². The fourth-order valence-corrected chi connectivity index (χ4v) is 2.08. The molecule has 0 spiro atoms. The van der Waals surface area contributed by atoms with Crippen LogP contribution in [0.3, 0.4) is 0 Å². The van der Waals surface area contributed by atoms with Gasteiger partial charge in [0.25, 0.3) is 5.91 Å². The van der Waals surface area contributed by atoms with Crippen LogP contribution < -0.4 is 20.1 Å². The van der Waals surface area contributed by atoms with Crippen molar-refractivity contribution in [2.24, 2.45) is 0 Å². The Kier molecular flexibility index (Phi) is 6.97. The number of carbonyl (C=O) groups is 1. The molecule has 0 aliphatic heterocycles. The first kappa shape index (κ1) is 18.5. The zero-order valence-electron chi connectivity index (χ0n) is 14.5. The summed E-state index contributed by atoms with van der Waals surface area (Å²) in [6.07, 6.45) is 3.81. The van der Waals surface area contributed by atoms with Gasteiger partial charge in [0.05, 0.1) is 26.6 Å². The number of ether oxygens (including phenoxy) is 3. The maximum Gasteiger partial charge on any atom is 0.275 e. The molecule has 0 fully saturated rings. The number of benzene rings is 1. The highest BCUT2D eigenvalue weighted by atomic mass is 16.5. The van der Waals surface area contributed by atoms with Gasteiger partial charge in [-0.05, 0) is 18.6 Å². The van der Waals surface area contributed by atoms with Crippen LogP contribution in [0.2, 0.25) is 0 Å². The number of carbonyl (C=O) groups excluding carboxylic acids is 1. The van der Waals surface area contributed by atoms with Gasteiger partial charge in [-0.3, -0.25) is 4.79 Å². The number of aromatic nitrogens is 2. The van der Waals surface area contributed by atoms with Crippen molar-refractivity contribution in [2.75, 3.05) is 45.1 Å². The Labute approximate surface area is 146 Å². The summed E-state index contributed by atoms with van der Waals surface area (Å²) in [6, 6.07) is 5.11. The average Bonchev–Trinajstić information content (AvgIpc) is 2.65. The molecule has 2 N–H and O–H groups in total. The summed E-state index contributed by atoms with van der Waals surface area (Å²) in [5.74, 6) is 1.37. The second kappa shape index (κ2) is 9.43. The maximum atomic E-state index is 12.3. The van der Waals surface area contributed by atoms with Crippen molar-refractivity contribution >= 4 is 17.4 Å². The van der Waals surface area contributed by atoms with Crippen molar-refractivity contribution in [2.45, 2.75) is 6.42 Å². The normalized spacial score (nSPS) is 10.2. The van der Waals surface area contributed by atoms with Gasteiger partial charge >= 0.3 is 0 Å². The van der Waals surface area contributed by atoms with E-state index < -0.39 is 0 Å². The molecule has 2 rings (SSSR count). The van der Waals surface area contributed by atoms with E-state index in [0.717, 1.165) is 13.0 Å². The third-order valence-corrected chi connectivity index (χ3v) is 3.36. The van der Waals surface area contributed by atoms with Crippen LogP contribution in [0.25, 0.3) is 0 Å². The van der Waals surface area contributed by atoms with Crippen LogP contribution in [0, 0.1) is 0 Å². The molecule has 0 saturated heterocycles. The number of hydrogen-bond acceptors (Lipinski definition) is 7. The smallest absolute Gasteiger partial charge is 0.275 e. The minimum Gasteiger partial charge on any atom is -0.493 e. The van der Waals surface area contributed by atoms with Crippen molar-refractivity contribution in [3.63, 3.8) is 0 Å². The van der Waals surface area contributed by atoms with Crippen molar-refractivity contribution in [1.82, 2.24) is 9.97 Å². The average molecular weight is 346 g/mol. The zero-order chi connectivity index (χ0) is 18.1. The molecule has 0 saturated carbocycles. The molecule has 0 radical (unpaired) electrons. The van der Waals surface area contributed by atoms with Gasteiger partial charge in [0.15, 0.2) is 11.5 Å². The van der Waals surface area contributed by atoms with Gasteiger partial charge in [-0.2, -0.15) is 0 Å². The van der Waals surface area contributed by atoms with E-state index in [9.17, 15) is 4.79 Å². The van der Waals surface area contributed by atoms with Crippen molar-refractivity contribution in [1.29, 1.82) is 0 Å². The van der Waals surface area contributed by atoms with Crippen LogP contribution in [-0.2, 0) is 4.74 Å². The third-order valence-electron chi connectivity index (χ3n) is 3.36. The molecule has 1 amide bonds. The van der Waals surface area contributed by atoms with Crippen LogP contribution in [0.4, 0.5) is 11.5 Å². The molecule has 8 heteroatoms. The summed E-state index contributed by atoms with van der Waals surface area (Å²) in [4.78, 5) is 20.6. The lowest BCUT2D eigenvalue weighted by atomic mass is 10.2. The topological polar surface area (TPSA) is 94.6 Å². The molecule has 134 valence electrons. The van der Waals surface area contributed by atoms with E-state index in [1.54, 1.807) is 32.4 Å². The number of amides is 1. The Balaban J connectivity index is 1.96. The number of rotatable bonds is 9. The second-order valence-electron chi connectivity index (χ2n) is 5.08. The Morgan fingerprint density at radius 3 is 2.52 bits per heavy atom. The Morgan fingerprint density at radius 2 is 1.88 bits per heavy atom. The van der Waals surface area contributed by atoms with Crippen molar-refractivity contribution in [3.8, 4) is 11.5 Å². The van der Waals surface area contributed by atoms with E-state index in [4.69, 9.17) is 14.2 Å². The molecule has 0 aliphatic carbocycles. The fourth-order valence-electron chi connectivity index (χ4n) is 2.08. The minimum atomic E-state index is -0.356. The molecule has 0 atom stereocenters. The number of nitrogens with one attached hydrogen (secondary N) is 2. The van der Waals surface area contributed by atoms with Gasteiger partial charge in [-0.25, -0.2) is 9.97 Å². The molecule has 0 aliphatic rings. The van der Waals surface area contributed by atoms with Gasteiger partial charge in [0.2, 0.25) is 0 Å². The molecule has 1 heterocycles. The molecule has 8 nitrogen and oxygen atoms in total. The van der Waals surface area contributed by atoms with E-state index in [0.29, 0.717) is 29.6 Å². The standard InChI is InChI=1S/C17H22N4O4/c1-23-8-4-7-18-16-11-19-13(10-20-16)17(22)21-12-5-6-14(24-2)15(9-12)25-3/h5-6,9-11H,4,7-8H2,1-3H3,(H,18,20)(H,21,22). The second-order valence-corrected chi connectivity index (χ2v) is 5.08. The van der Waals surface area contributed by atoms with Crippen molar-refractivity contribution in [3.05, 3.63) is 36.3 Å². The van der Waals surface area contributed by atoms with Crippen molar-refractivity contribution < 1.29 is 19.0 Å². The first-order chi connectivity index (χ1) is 12.2. The molecule has 1 aromatic carbocycles. The van der Waals surface area contributed by atoms with E-state index in [-0.39, 0.29) is 11.6 Å². The lowest BCUT2D eigenvalue weighted by Gasteiger charge is -2.10. The summed E-state index contributed by atoms with van der Waals surface area (Å²) in [5.41, 5.74) is 0.795. The van der Waals surface area contributed by atoms with Gasteiger partial charge in [-0.1, -0.05) is 0 Å². The molecular formula is C17H22N4O4. The van der Waals surface area contributed by atoms with E-state index >= 15 is 0 Å². The summed E-state index contributed by atoms with van der Waals surface area (Å²) >= 11 is 0. The van der Waals surface area contributed by atoms with Crippen LogP contribution >= 0.6 is 0 Å². The number of anilines is 2. The number of hydrogen-bond donors (Lipinski definition) is 2. The highest BCUT2D eigenvalue weighted by molar-refractivity contribution is 6.02. The quantitative estimate of drug-likeness (QED) is 0.672. The number of methoxy groups -OCH3 is 3. The Hall–Kier alpha value is -2.87.